The number of benzene rings is 2. The van der Waals surface area contributed by atoms with Gasteiger partial charge in [-0.2, -0.15) is 5.10 Å². The van der Waals surface area contributed by atoms with Crippen LogP contribution in [0, 0.1) is 13.8 Å². The molecule has 0 spiro atoms. The molecular weight excluding hydrogens is 384 g/mol. The Kier molecular flexibility index (Phi) is 7.05. The number of hydrazine groups is 1. The molecule has 0 saturated carbocycles. The van der Waals surface area contributed by atoms with Gasteiger partial charge in [0.1, 0.15) is 24.7 Å². The smallest absolute Gasteiger partial charge is 0.276 e. The molecule has 0 atom stereocenters. The van der Waals surface area contributed by atoms with Crippen molar-refractivity contribution in [1.29, 1.82) is 0 Å². The minimum atomic E-state index is -0.471. The predicted octanol–water partition coefficient (Wildman–Crippen LogP) is 2.31. The van der Waals surface area contributed by atoms with Crippen molar-refractivity contribution in [3.05, 3.63) is 77.6 Å². The van der Waals surface area contributed by atoms with Crippen LogP contribution in [0.3, 0.4) is 0 Å². The molecule has 0 aliphatic carbocycles. The number of carbonyl (C=O) groups is 2. The molecule has 0 radical (unpaired) electrons. The van der Waals surface area contributed by atoms with E-state index in [4.69, 9.17) is 9.47 Å². The zero-order chi connectivity index (χ0) is 21.3. The molecule has 0 unspecified atom stereocenters. The molecule has 2 N–H and O–H groups in total. The fourth-order valence-corrected chi connectivity index (χ4v) is 2.71. The fourth-order valence-electron chi connectivity index (χ4n) is 2.71. The van der Waals surface area contributed by atoms with Crippen molar-refractivity contribution in [2.75, 3.05) is 6.61 Å². The number of rotatable bonds is 8. The normalized spacial score (nSPS) is 10.3. The zero-order valence-electron chi connectivity index (χ0n) is 16.9. The highest BCUT2D eigenvalue weighted by Gasteiger charge is 2.09. The third-order valence-corrected chi connectivity index (χ3v) is 4.18. The van der Waals surface area contributed by atoms with Crippen LogP contribution in [0.15, 0.2) is 60.7 Å². The summed E-state index contributed by atoms with van der Waals surface area (Å²) in [5.74, 6) is 0.369. The van der Waals surface area contributed by atoms with E-state index >= 15 is 0 Å². The Morgan fingerprint density at radius 3 is 2.17 bits per heavy atom. The number of hydrogen-bond acceptors (Lipinski definition) is 5. The maximum Gasteiger partial charge on any atom is 0.276 e. The Morgan fingerprint density at radius 1 is 0.900 bits per heavy atom. The number of nitrogens with zero attached hydrogens (tertiary/aromatic N) is 2. The van der Waals surface area contributed by atoms with Crippen LogP contribution in [0.5, 0.6) is 11.5 Å². The highest BCUT2D eigenvalue weighted by molar-refractivity contribution is 5.82. The Morgan fingerprint density at radius 2 is 1.53 bits per heavy atom. The average molecular weight is 408 g/mol. The molecule has 0 bridgehead atoms. The molecule has 8 nitrogen and oxygen atoms in total. The van der Waals surface area contributed by atoms with Crippen molar-refractivity contribution in [3.63, 3.8) is 0 Å². The molecule has 8 heteroatoms. The van der Waals surface area contributed by atoms with Crippen LogP contribution in [-0.2, 0) is 22.7 Å². The monoisotopic (exact) mass is 408 g/mol. The van der Waals surface area contributed by atoms with Gasteiger partial charge in [-0.3, -0.25) is 25.1 Å². The van der Waals surface area contributed by atoms with Crippen molar-refractivity contribution in [2.24, 2.45) is 0 Å². The molecule has 156 valence electrons. The predicted molar refractivity (Wildman–Crippen MR) is 111 cm³/mol. The van der Waals surface area contributed by atoms with Gasteiger partial charge < -0.3 is 9.47 Å². The summed E-state index contributed by atoms with van der Waals surface area (Å²) in [6, 6.07) is 18.7. The first kappa shape index (κ1) is 20.9. The Balaban J connectivity index is 1.37. The molecule has 30 heavy (non-hydrogen) atoms. The third-order valence-electron chi connectivity index (χ3n) is 4.18. The molecular formula is C22H24N4O4. The second kappa shape index (κ2) is 10.1. The summed E-state index contributed by atoms with van der Waals surface area (Å²) in [7, 11) is 0. The minimum Gasteiger partial charge on any atom is -0.489 e. The summed E-state index contributed by atoms with van der Waals surface area (Å²) in [6.07, 6.45) is 0. The number of aryl methyl sites for hydroxylation is 2. The van der Waals surface area contributed by atoms with Gasteiger partial charge in [0.15, 0.2) is 6.61 Å². The lowest BCUT2D eigenvalue weighted by molar-refractivity contribution is -0.130. The summed E-state index contributed by atoms with van der Waals surface area (Å²) >= 11 is 0. The van der Waals surface area contributed by atoms with Crippen molar-refractivity contribution < 1.29 is 19.1 Å². The molecule has 2 aromatic carbocycles. The van der Waals surface area contributed by atoms with Gasteiger partial charge in [0.2, 0.25) is 0 Å². The Hall–Kier alpha value is -3.81. The molecule has 0 fully saturated rings. The number of hydrogen-bond donors (Lipinski definition) is 2. The summed E-state index contributed by atoms with van der Waals surface area (Å²) in [4.78, 5) is 23.8. The lowest BCUT2D eigenvalue weighted by Crippen LogP contribution is -2.45. The zero-order valence-corrected chi connectivity index (χ0v) is 16.9. The van der Waals surface area contributed by atoms with Gasteiger partial charge in [0.25, 0.3) is 11.8 Å². The van der Waals surface area contributed by atoms with Crippen LogP contribution in [0.4, 0.5) is 0 Å². The fraction of sp³-hybridized carbons (Fsp3) is 0.227. The van der Waals surface area contributed by atoms with Crippen LogP contribution in [-0.4, -0.2) is 28.2 Å². The molecule has 1 heterocycles. The number of nitrogens with one attached hydrogen (secondary N) is 2. The quantitative estimate of drug-likeness (QED) is 0.558. The van der Waals surface area contributed by atoms with E-state index in [1.807, 2.05) is 50.2 Å². The molecule has 3 aromatic rings. The van der Waals surface area contributed by atoms with Crippen LogP contribution in [0.25, 0.3) is 0 Å². The van der Waals surface area contributed by atoms with Gasteiger partial charge in [-0.05, 0) is 49.7 Å². The number of ether oxygens (including phenoxy) is 2. The van der Waals surface area contributed by atoms with Gasteiger partial charge >= 0.3 is 0 Å². The van der Waals surface area contributed by atoms with Crippen LogP contribution in [0.2, 0.25) is 0 Å². The first-order valence-electron chi connectivity index (χ1n) is 9.48. The van der Waals surface area contributed by atoms with E-state index in [9.17, 15) is 9.59 Å². The summed E-state index contributed by atoms with van der Waals surface area (Å²) in [5, 5.41) is 4.20. The van der Waals surface area contributed by atoms with Crippen LogP contribution >= 0.6 is 0 Å². The van der Waals surface area contributed by atoms with E-state index in [0.29, 0.717) is 18.1 Å². The molecule has 0 aliphatic heterocycles. The van der Waals surface area contributed by atoms with E-state index in [1.165, 1.54) is 0 Å². The van der Waals surface area contributed by atoms with Crippen molar-refractivity contribution >= 4 is 11.8 Å². The van der Waals surface area contributed by atoms with Crippen LogP contribution in [0.1, 0.15) is 17.0 Å². The van der Waals surface area contributed by atoms with Gasteiger partial charge in [-0.1, -0.05) is 30.3 Å². The van der Waals surface area contributed by atoms with E-state index in [0.717, 1.165) is 17.0 Å². The van der Waals surface area contributed by atoms with Crippen LogP contribution < -0.4 is 20.3 Å². The van der Waals surface area contributed by atoms with Crippen molar-refractivity contribution in [2.45, 2.75) is 27.0 Å². The summed E-state index contributed by atoms with van der Waals surface area (Å²) in [6.45, 7) is 3.97. The molecule has 2 amide bonds. The topological polar surface area (TPSA) is 94.5 Å². The summed E-state index contributed by atoms with van der Waals surface area (Å²) in [5.41, 5.74) is 7.44. The standard InChI is InChI=1S/C22H24N4O4/c1-16-12-17(2)26(25-16)13-21(27)23-24-22(28)15-30-20-10-8-19(9-11-20)29-14-18-6-4-3-5-7-18/h3-12H,13-15H2,1-2H3,(H,23,27)(H,24,28). The lowest BCUT2D eigenvalue weighted by Gasteiger charge is -2.10. The van der Waals surface area contributed by atoms with E-state index < -0.39 is 5.91 Å². The second-order valence-corrected chi connectivity index (χ2v) is 6.72. The Labute approximate surface area is 174 Å². The largest absolute Gasteiger partial charge is 0.489 e. The molecule has 1 aromatic heterocycles. The highest BCUT2D eigenvalue weighted by Crippen LogP contribution is 2.18. The Bertz CT molecular complexity index is 984. The van der Waals surface area contributed by atoms with E-state index in [1.54, 1.807) is 28.9 Å². The number of aromatic nitrogens is 2. The average Bonchev–Trinajstić information content (AvgIpc) is 3.07. The maximum absolute atomic E-state index is 11.9. The van der Waals surface area contributed by atoms with Crippen molar-refractivity contribution in [3.8, 4) is 11.5 Å². The second-order valence-electron chi connectivity index (χ2n) is 6.72. The summed E-state index contributed by atoms with van der Waals surface area (Å²) < 4.78 is 12.7. The third kappa shape index (κ3) is 6.37. The highest BCUT2D eigenvalue weighted by atomic mass is 16.5. The van der Waals surface area contributed by atoms with E-state index in [2.05, 4.69) is 16.0 Å². The molecule has 0 aliphatic rings. The number of carbonyl (C=O) groups excluding carboxylic acids is 2. The first-order valence-corrected chi connectivity index (χ1v) is 9.48. The van der Waals surface area contributed by atoms with Gasteiger partial charge in [0.05, 0.1) is 5.69 Å². The minimum absolute atomic E-state index is 0.0191. The SMILES string of the molecule is Cc1cc(C)n(CC(=O)NNC(=O)COc2ccc(OCc3ccccc3)cc2)n1. The molecule has 3 rings (SSSR count). The van der Waals surface area contributed by atoms with Gasteiger partial charge in [0, 0.05) is 5.69 Å². The van der Waals surface area contributed by atoms with Gasteiger partial charge in [-0.15, -0.1) is 0 Å². The number of amides is 2. The lowest BCUT2D eigenvalue weighted by atomic mass is 10.2. The van der Waals surface area contributed by atoms with Crippen molar-refractivity contribution in [1.82, 2.24) is 20.6 Å². The molecule has 0 saturated heterocycles. The maximum atomic E-state index is 11.9. The van der Waals surface area contributed by atoms with Gasteiger partial charge in [-0.25, -0.2) is 0 Å². The first-order chi connectivity index (χ1) is 14.5. The van der Waals surface area contributed by atoms with E-state index in [-0.39, 0.29) is 19.1 Å².